The maximum absolute atomic E-state index is 11.5. The molecule has 0 aromatic rings. The predicted molar refractivity (Wildman–Crippen MR) is 62.7 cm³/mol. The van der Waals surface area contributed by atoms with Crippen LogP contribution in [0.1, 0.15) is 0 Å². The van der Waals surface area contributed by atoms with Crippen LogP contribution in [0, 0.1) is 0 Å². The Morgan fingerprint density at radius 3 is 2.82 bits per heavy atom. The molecule has 7 heteroatoms. The highest BCUT2D eigenvalue weighted by atomic mass is 16.5. The van der Waals surface area contributed by atoms with Gasteiger partial charge < -0.3 is 15.4 Å². The van der Waals surface area contributed by atoms with E-state index in [-0.39, 0.29) is 18.6 Å². The van der Waals surface area contributed by atoms with Gasteiger partial charge in [-0.05, 0) is 7.05 Å². The van der Waals surface area contributed by atoms with Gasteiger partial charge in [0.1, 0.15) is 0 Å². The second-order valence-electron chi connectivity index (χ2n) is 3.91. The average Bonchev–Trinajstić information content (AvgIpc) is 2.29. The van der Waals surface area contributed by atoms with Crippen molar-refractivity contribution in [1.82, 2.24) is 20.9 Å². The minimum absolute atomic E-state index is 0.0987. The number of ether oxygens (including phenoxy) is 1. The van der Waals surface area contributed by atoms with Gasteiger partial charge in [0.2, 0.25) is 5.91 Å². The van der Waals surface area contributed by atoms with Crippen molar-refractivity contribution in [3.63, 3.8) is 0 Å². The summed E-state index contributed by atoms with van der Waals surface area (Å²) in [6, 6.07) is -0.477. The molecule has 3 N–H and O–H groups in total. The third kappa shape index (κ3) is 5.12. The molecule has 1 saturated heterocycles. The molecule has 0 radical (unpaired) electrons. The molecule has 98 valence electrons. The molecule has 1 rings (SSSR count). The van der Waals surface area contributed by atoms with Gasteiger partial charge in [0.25, 0.3) is 0 Å². The lowest BCUT2D eigenvalue weighted by Gasteiger charge is -2.32. The third-order valence-corrected chi connectivity index (χ3v) is 2.50. The van der Waals surface area contributed by atoms with E-state index in [1.807, 2.05) is 11.9 Å². The first-order valence-electron chi connectivity index (χ1n) is 5.65. The first-order chi connectivity index (χ1) is 8.15. The van der Waals surface area contributed by atoms with Gasteiger partial charge in [-0.25, -0.2) is 4.79 Å². The molecule has 1 unspecified atom stereocenters. The number of hydrogen-bond acceptors (Lipinski definition) is 5. The molecule has 3 amide bonds. The van der Waals surface area contributed by atoms with Crippen LogP contribution in [0.2, 0.25) is 0 Å². The third-order valence-electron chi connectivity index (χ3n) is 2.50. The Bertz CT molecular complexity index is 270. The number of urea groups is 1. The lowest BCUT2D eigenvalue weighted by Crippen LogP contribution is -2.50. The zero-order chi connectivity index (χ0) is 12.7. The van der Waals surface area contributed by atoms with Crippen LogP contribution < -0.4 is 16.0 Å². The van der Waals surface area contributed by atoms with Gasteiger partial charge in [-0.3, -0.25) is 15.0 Å². The van der Waals surface area contributed by atoms with Gasteiger partial charge >= 0.3 is 6.03 Å². The predicted octanol–water partition coefficient (Wildman–Crippen LogP) is -1.64. The van der Waals surface area contributed by atoms with E-state index in [4.69, 9.17) is 4.74 Å². The normalized spacial score (nSPS) is 20.9. The van der Waals surface area contributed by atoms with Crippen LogP contribution in [-0.2, 0) is 9.53 Å². The number of amides is 3. The second-order valence-corrected chi connectivity index (χ2v) is 3.91. The van der Waals surface area contributed by atoms with Crippen LogP contribution in [0.25, 0.3) is 0 Å². The molecule has 1 heterocycles. The van der Waals surface area contributed by atoms with Crippen molar-refractivity contribution in [2.24, 2.45) is 0 Å². The Balaban J connectivity index is 2.30. The summed E-state index contributed by atoms with van der Waals surface area (Å²) < 4.78 is 5.52. The van der Waals surface area contributed by atoms with Gasteiger partial charge in [-0.1, -0.05) is 0 Å². The molecular formula is C10H20N4O3. The highest BCUT2D eigenvalue weighted by Gasteiger charge is 2.21. The van der Waals surface area contributed by atoms with E-state index in [1.54, 1.807) is 0 Å². The van der Waals surface area contributed by atoms with Gasteiger partial charge in [-0.15, -0.1) is 0 Å². The SMILES string of the molecule is CNCC1CN(CC(=O)NC(=O)NC)CCO1. The Kier molecular flexibility index (Phi) is 5.88. The molecule has 0 saturated carbocycles. The van der Waals surface area contributed by atoms with E-state index < -0.39 is 6.03 Å². The van der Waals surface area contributed by atoms with Crippen LogP contribution in [-0.4, -0.2) is 69.8 Å². The van der Waals surface area contributed by atoms with Crippen LogP contribution in [0.4, 0.5) is 4.79 Å². The molecule has 0 aromatic carbocycles. The van der Waals surface area contributed by atoms with Crippen molar-refractivity contribution < 1.29 is 14.3 Å². The number of nitrogens with zero attached hydrogens (tertiary/aromatic N) is 1. The highest BCUT2D eigenvalue weighted by Crippen LogP contribution is 2.03. The molecule has 0 bridgehead atoms. The van der Waals surface area contributed by atoms with Gasteiger partial charge in [0, 0.05) is 26.7 Å². The fourth-order valence-corrected chi connectivity index (χ4v) is 1.71. The monoisotopic (exact) mass is 244 g/mol. The van der Waals surface area contributed by atoms with E-state index in [2.05, 4.69) is 16.0 Å². The lowest BCUT2D eigenvalue weighted by atomic mass is 10.2. The minimum atomic E-state index is -0.477. The smallest absolute Gasteiger partial charge is 0.321 e. The second kappa shape index (κ2) is 7.21. The summed E-state index contributed by atoms with van der Waals surface area (Å²) in [5, 5.41) is 7.61. The number of hydrogen-bond donors (Lipinski definition) is 3. The van der Waals surface area contributed by atoms with Crippen molar-refractivity contribution in [3.05, 3.63) is 0 Å². The number of nitrogens with one attached hydrogen (secondary N) is 3. The number of likely N-dealkylation sites (N-methyl/N-ethyl adjacent to an activating group) is 1. The Labute approximate surface area is 101 Å². The van der Waals surface area contributed by atoms with Crippen molar-refractivity contribution in [3.8, 4) is 0 Å². The molecule has 0 aromatic heterocycles. The van der Waals surface area contributed by atoms with Crippen LogP contribution in [0.15, 0.2) is 0 Å². The lowest BCUT2D eigenvalue weighted by molar-refractivity contribution is -0.123. The van der Waals surface area contributed by atoms with E-state index in [0.29, 0.717) is 19.7 Å². The van der Waals surface area contributed by atoms with Crippen LogP contribution in [0.5, 0.6) is 0 Å². The Hall–Kier alpha value is -1.18. The first-order valence-corrected chi connectivity index (χ1v) is 5.65. The number of carbonyl (C=O) groups is 2. The minimum Gasteiger partial charge on any atom is -0.374 e. The zero-order valence-electron chi connectivity index (χ0n) is 10.3. The van der Waals surface area contributed by atoms with Gasteiger partial charge in [0.15, 0.2) is 0 Å². The summed E-state index contributed by atoms with van der Waals surface area (Å²) in [6.07, 6.45) is 0.0987. The van der Waals surface area contributed by atoms with Gasteiger partial charge in [0.05, 0.1) is 19.3 Å². The molecular weight excluding hydrogens is 224 g/mol. The summed E-state index contributed by atoms with van der Waals surface area (Å²) in [4.78, 5) is 24.4. The summed E-state index contributed by atoms with van der Waals surface area (Å²) >= 11 is 0. The molecule has 0 spiro atoms. The quantitative estimate of drug-likeness (QED) is 0.552. The first kappa shape index (κ1) is 13.9. The fraction of sp³-hybridized carbons (Fsp3) is 0.800. The van der Waals surface area contributed by atoms with E-state index in [0.717, 1.165) is 6.54 Å². The Morgan fingerprint density at radius 1 is 1.41 bits per heavy atom. The summed E-state index contributed by atoms with van der Waals surface area (Å²) in [5.74, 6) is -0.297. The van der Waals surface area contributed by atoms with Gasteiger partial charge in [-0.2, -0.15) is 0 Å². The van der Waals surface area contributed by atoms with Crippen LogP contribution in [0.3, 0.4) is 0 Å². The van der Waals surface area contributed by atoms with Crippen LogP contribution >= 0.6 is 0 Å². The fourth-order valence-electron chi connectivity index (χ4n) is 1.71. The standard InChI is InChI=1S/C10H20N4O3/c1-11-5-8-6-14(3-4-17-8)7-9(15)13-10(16)12-2/h8,11H,3-7H2,1-2H3,(H2,12,13,15,16). The van der Waals surface area contributed by atoms with Crippen molar-refractivity contribution in [1.29, 1.82) is 0 Å². The van der Waals surface area contributed by atoms with Crippen molar-refractivity contribution in [2.75, 3.05) is 46.9 Å². The number of rotatable bonds is 4. The number of imide groups is 1. The molecule has 17 heavy (non-hydrogen) atoms. The Morgan fingerprint density at radius 2 is 2.18 bits per heavy atom. The van der Waals surface area contributed by atoms with Crippen molar-refractivity contribution in [2.45, 2.75) is 6.10 Å². The number of carbonyl (C=O) groups excluding carboxylic acids is 2. The summed E-state index contributed by atoms with van der Waals surface area (Å²) in [5.41, 5.74) is 0. The topological polar surface area (TPSA) is 82.7 Å². The molecule has 1 aliphatic rings. The maximum atomic E-state index is 11.5. The molecule has 1 fully saturated rings. The van der Waals surface area contributed by atoms with E-state index in [1.165, 1.54) is 7.05 Å². The molecule has 1 atom stereocenters. The van der Waals surface area contributed by atoms with E-state index >= 15 is 0 Å². The molecule has 0 aliphatic carbocycles. The van der Waals surface area contributed by atoms with E-state index in [9.17, 15) is 9.59 Å². The average molecular weight is 244 g/mol. The summed E-state index contributed by atoms with van der Waals surface area (Å²) in [7, 11) is 3.33. The summed E-state index contributed by atoms with van der Waals surface area (Å²) in [6.45, 7) is 2.99. The largest absolute Gasteiger partial charge is 0.374 e. The van der Waals surface area contributed by atoms with Crippen molar-refractivity contribution >= 4 is 11.9 Å². The zero-order valence-corrected chi connectivity index (χ0v) is 10.3. The highest BCUT2D eigenvalue weighted by molar-refractivity contribution is 5.95. The molecule has 1 aliphatic heterocycles. The number of morpholine rings is 1. The maximum Gasteiger partial charge on any atom is 0.321 e. The molecule has 7 nitrogen and oxygen atoms in total.